The first kappa shape index (κ1) is 13.5. The Morgan fingerprint density at radius 3 is 2.38 bits per heavy atom. The maximum Gasteiger partial charge on any atom is 0.208 e. The van der Waals surface area contributed by atoms with E-state index in [0.29, 0.717) is 22.4 Å². The van der Waals surface area contributed by atoms with E-state index < -0.39 is 0 Å². The first-order valence-corrected chi connectivity index (χ1v) is 7.94. The number of benzene rings is 4. The van der Waals surface area contributed by atoms with Crippen molar-refractivity contribution < 1.29 is 4.42 Å². The minimum absolute atomic E-state index is 0.0752. The van der Waals surface area contributed by atoms with E-state index in [1.54, 1.807) is 6.07 Å². The number of halogens is 1. The molecule has 5 rings (SSSR count). The van der Waals surface area contributed by atoms with Gasteiger partial charge in [0.2, 0.25) is 5.43 Å². The van der Waals surface area contributed by atoms with E-state index in [1.165, 1.54) is 0 Å². The zero-order chi connectivity index (χ0) is 16.3. The zero-order valence-corrected chi connectivity index (χ0v) is 13.2. The van der Waals surface area contributed by atoms with Crippen LogP contribution in [0.5, 0.6) is 0 Å². The van der Waals surface area contributed by atoms with Crippen molar-refractivity contribution in [2.45, 2.75) is 0 Å². The lowest BCUT2D eigenvalue weighted by Gasteiger charge is -2.12. The van der Waals surface area contributed by atoms with Crippen LogP contribution in [0.2, 0.25) is 5.02 Å². The molecule has 3 nitrogen and oxygen atoms in total. The molecule has 0 unspecified atom stereocenters. The summed E-state index contributed by atoms with van der Waals surface area (Å²) >= 11 is 6.28. The van der Waals surface area contributed by atoms with Gasteiger partial charge in [-0.25, -0.2) is 4.98 Å². The maximum absolute atomic E-state index is 12.5. The third-order valence-electron chi connectivity index (χ3n) is 4.34. The van der Waals surface area contributed by atoms with E-state index in [-0.39, 0.29) is 10.5 Å². The Morgan fingerprint density at radius 2 is 1.54 bits per heavy atom. The summed E-state index contributed by atoms with van der Waals surface area (Å²) in [4.78, 5) is 17.3. The highest BCUT2D eigenvalue weighted by molar-refractivity contribution is 6.34. The molecule has 1 aliphatic heterocycles. The second kappa shape index (κ2) is 4.79. The Morgan fingerprint density at radius 1 is 0.833 bits per heavy atom. The summed E-state index contributed by atoms with van der Waals surface area (Å²) in [5.41, 5.74) is 1.75. The van der Waals surface area contributed by atoms with Crippen LogP contribution in [0.4, 0.5) is 0 Å². The fourth-order valence-corrected chi connectivity index (χ4v) is 3.42. The third-order valence-corrected chi connectivity index (χ3v) is 4.68. The summed E-state index contributed by atoms with van der Waals surface area (Å²) in [6.45, 7) is 0. The predicted molar refractivity (Wildman–Crippen MR) is 96.9 cm³/mol. The molecular weight excluding hydrogens is 322 g/mol. The van der Waals surface area contributed by atoms with Crippen LogP contribution in [0.25, 0.3) is 44.1 Å². The molecule has 1 heterocycles. The van der Waals surface area contributed by atoms with Crippen LogP contribution in [0.3, 0.4) is 0 Å². The summed E-state index contributed by atoms with van der Waals surface area (Å²) < 4.78 is 5.98. The molecule has 3 aromatic carbocycles. The van der Waals surface area contributed by atoms with Crippen LogP contribution in [-0.4, -0.2) is 4.98 Å². The van der Waals surface area contributed by atoms with Gasteiger partial charge in [0.15, 0.2) is 11.3 Å². The number of fused-ring (bicyclic) bond motifs is 6. The predicted octanol–water partition coefficient (Wildman–Crippen LogP) is 5.25. The zero-order valence-electron chi connectivity index (χ0n) is 12.4. The molecule has 0 N–H and O–H groups in total. The van der Waals surface area contributed by atoms with Crippen LogP contribution in [0, 0.1) is 0 Å². The monoisotopic (exact) mass is 331 g/mol. The van der Waals surface area contributed by atoms with Crippen molar-refractivity contribution in [2.75, 3.05) is 0 Å². The molecule has 0 fully saturated rings. The van der Waals surface area contributed by atoms with Crippen molar-refractivity contribution in [1.29, 1.82) is 0 Å². The average Bonchev–Trinajstić information content (AvgIpc) is 2.65. The van der Waals surface area contributed by atoms with Crippen molar-refractivity contribution >= 4 is 44.2 Å². The summed E-state index contributed by atoms with van der Waals surface area (Å²) in [6.07, 6.45) is 0. The highest BCUT2D eigenvalue weighted by Gasteiger charge is 2.21. The van der Waals surface area contributed by atoms with Crippen LogP contribution in [0.1, 0.15) is 0 Å². The van der Waals surface area contributed by atoms with Gasteiger partial charge in [-0.05, 0) is 11.5 Å². The number of aromatic nitrogens is 1. The van der Waals surface area contributed by atoms with Gasteiger partial charge in [-0.1, -0.05) is 66.2 Å². The van der Waals surface area contributed by atoms with Crippen LogP contribution < -0.4 is 5.43 Å². The van der Waals surface area contributed by atoms with Gasteiger partial charge in [0.1, 0.15) is 16.2 Å². The van der Waals surface area contributed by atoms with Gasteiger partial charge >= 0.3 is 0 Å². The summed E-state index contributed by atoms with van der Waals surface area (Å²) in [7, 11) is 0. The lowest BCUT2D eigenvalue weighted by Crippen LogP contribution is -2.06. The van der Waals surface area contributed by atoms with E-state index in [2.05, 4.69) is 0 Å². The van der Waals surface area contributed by atoms with Crippen molar-refractivity contribution in [3.63, 3.8) is 0 Å². The van der Waals surface area contributed by atoms with E-state index in [0.717, 1.165) is 21.7 Å². The van der Waals surface area contributed by atoms with Gasteiger partial charge in [0.25, 0.3) is 0 Å². The molecule has 2 aliphatic rings. The maximum atomic E-state index is 12.5. The minimum Gasteiger partial charge on any atom is -0.451 e. The molecule has 0 saturated carbocycles. The standard InChI is InChI=1S/C20H10ClNO2/c21-16-19(23)14-8-4-3-7-13(14)18-20(16)24-15-10-9-11-5-1-2-6-12(11)17(15)22-18/h1-10H. The summed E-state index contributed by atoms with van der Waals surface area (Å²) in [5, 5.41) is 3.47. The second-order valence-corrected chi connectivity index (χ2v) is 6.09. The minimum atomic E-state index is -0.231. The third kappa shape index (κ3) is 1.73. The first-order valence-electron chi connectivity index (χ1n) is 7.56. The summed E-state index contributed by atoms with van der Waals surface area (Å²) in [5.74, 6) is 0.336. The Hall–Kier alpha value is -2.91. The van der Waals surface area contributed by atoms with Gasteiger partial charge in [0.05, 0.1) is 0 Å². The molecule has 0 bridgehead atoms. The van der Waals surface area contributed by atoms with Crippen molar-refractivity contribution in [3.8, 4) is 11.5 Å². The SMILES string of the molecule is O=c1c(Cl)c2oc3ccc4ccccc4c3nc-2c2ccccc12. The molecule has 24 heavy (non-hydrogen) atoms. The van der Waals surface area contributed by atoms with E-state index >= 15 is 0 Å². The molecule has 0 amide bonds. The van der Waals surface area contributed by atoms with Crippen molar-refractivity contribution in [1.82, 2.24) is 4.98 Å². The molecule has 0 saturated heterocycles. The van der Waals surface area contributed by atoms with Gasteiger partial charge in [-0.3, -0.25) is 4.79 Å². The molecule has 0 aromatic heterocycles. The van der Waals surface area contributed by atoms with E-state index in [9.17, 15) is 4.79 Å². The van der Waals surface area contributed by atoms with Gasteiger partial charge in [-0.15, -0.1) is 0 Å². The van der Waals surface area contributed by atoms with Gasteiger partial charge in [-0.2, -0.15) is 0 Å². The number of rotatable bonds is 0. The first-order chi connectivity index (χ1) is 11.7. The Balaban J connectivity index is 2.09. The Kier molecular flexibility index (Phi) is 2.70. The Labute approximate surface area is 141 Å². The Bertz CT molecular complexity index is 1290. The quantitative estimate of drug-likeness (QED) is 0.287. The van der Waals surface area contributed by atoms with Crippen molar-refractivity contribution in [3.05, 3.63) is 75.9 Å². The molecule has 0 radical (unpaired) electrons. The molecule has 114 valence electrons. The fraction of sp³-hybridized carbons (Fsp3) is 0. The van der Waals surface area contributed by atoms with E-state index in [4.69, 9.17) is 21.0 Å². The molecule has 4 heteroatoms. The van der Waals surface area contributed by atoms with Crippen LogP contribution >= 0.6 is 11.6 Å². The van der Waals surface area contributed by atoms with E-state index in [1.807, 2.05) is 54.6 Å². The number of hydrogen-bond donors (Lipinski definition) is 0. The second-order valence-electron chi connectivity index (χ2n) is 5.71. The molecule has 1 aliphatic carbocycles. The lowest BCUT2D eigenvalue weighted by molar-refractivity contribution is 0.614. The lowest BCUT2D eigenvalue weighted by atomic mass is 10.0. The van der Waals surface area contributed by atoms with Crippen LogP contribution in [0.15, 0.2) is 69.9 Å². The molecular formula is C20H10ClNO2. The smallest absolute Gasteiger partial charge is 0.208 e. The molecule has 0 spiro atoms. The fourth-order valence-electron chi connectivity index (χ4n) is 3.19. The molecule has 0 atom stereocenters. The molecule has 3 aromatic rings. The number of nitrogens with zero attached hydrogens (tertiary/aromatic N) is 1. The largest absolute Gasteiger partial charge is 0.451 e. The highest BCUT2D eigenvalue weighted by atomic mass is 35.5. The van der Waals surface area contributed by atoms with Gasteiger partial charge < -0.3 is 4.42 Å². The average molecular weight is 332 g/mol. The topological polar surface area (TPSA) is 43.1 Å². The van der Waals surface area contributed by atoms with Gasteiger partial charge in [0, 0.05) is 16.2 Å². The summed E-state index contributed by atoms with van der Waals surface area (Å²) in [6, 6.07) is 19.2. The van der Waals surface area contributed by atoms with Crippen molar-refractivity contribution in [2.24, 2.45) is 0 Å². The highest BCUT2D eigenvalue weighted by Crippen LogP contribution is 2.36. The van der Waals surface area contributed by atoms with Crippen LogP contribution in [-0.2, 0) is 0 Å². The number of hydrogen-bond acceptors (Lipinski definition) is 3. The normalized spacial score (nSPS) is 11.7.